The van der Waals surface area contributed by atoms with Crippen molar-refractivity contribution in [3.63, 3.8) is 0 Å². The number of benzene rings is 1. The largest absolute Gasteiger partial charge is 0.487 e. The van der Waals surface area contributed by atoms with E-state index in [9.17, 15) is 8.78 Å². The summed E-state index contributed by atoms with van der Waals surface area (Å²) in [4.78, 5) is 8.33. The molecule has 0 bridgehead atoms. The van der Waals surface area contributed by atoms with E-state index in [4.69, 9.17) is 9.47 Å². The van der Waals surface area contributed by atoms with Crippen molar-refractivity contribution in [1.29, 1.82) is 0 Å². The highest BCUT2D eigenvalue weighted by atomic mass is 19.1. The zero-order valence-electron chi connectivity index (χ0n) is 13.2. The lowest BCUT2D eigenvalue weighted by atomic mass is 10.1. The molecular weight excluding hydrogens is 314 g/mol. The number of hydrogen-bond acceptors (Lipinski definition) is 4. The van der Waals surface area contributed by atoms with E-state index in [0.717, 1.165) is 12.8 Å². The molecule has 24 heavy (non-hydrogen) atoms. The van der Waals surface area contributed by atoms with Crippen LogP contribution < -0.4 is 9.47 Å². The highest BCUT2D eigenvalue weighted by Crippen LogP contribution is 2.33. The van der Waals surface area contributed by atoms with E-state index in [2.05, 4.69) is 9.97 Å². The van der Waals surface area contributed by atoms with Crippen LogP contribution in [0.15, 0.2) is 24.5 Å². The molecule has 1 aromatic carbocycles. The van der Waals surface area contributed by atoms with Crippen LogP contribution in [-0.2, 0) is 0 Å². The Morgan fingerprint density at radius 2 is 1.54 bits per heavy atom. The van der Waals surface area contributed by atoms with Crippen LogP contribution in [0, 0.1) is 23.5 Å². The summed E-state index contributed by atoms with van der Waals surface area (Å²) in [6, 6.07) is 2.44. The summed E-state index contributed by atoms with van der Waals surface area (Å²) in [5, 5.41) is 0. The van der Waals surface area contributed by atoms with Gasteiger partial charge in [-0.15, -0.1) is 0 Å². The number of ether oxygens (including phenoxy) is 2. The van der Waals surface area contributed by atoms with Crippen molar-refractivity contribution in [2.45, 2.75) is 25.7 Å². The molecule has 2 aliphatic carbocycles. The molecule has 2 saturated carbocycles. The van der Waals surface area contributed by atoms with E-state index in [1.807, 2.05) is 0 Å². The highest BCUT2D eigenvalue weighted by Gasteiger charge is 2.24. The third-order valence-corrected chi connectivity index (χ3v) is 4.23. The summed E-state index contributed by atoms with van der Waals surface area (Å²) >= 11 is 0. The van der Waals surface area contributed by atoms with Crippen LogP contribution in [-0.4, -0.2) is 23.2 Å². The maximum Gasteiger partial charge on any atom is 0.232 e. The van der Waals surface area contributed by atoms with Gasteiger partial charge in [0.15, 0.2) is 17.4 Å². The Hall–Kier alpha value is -2.24. The molecule has 2 aromatic rings. The molecule has 0 aliphatic heterocycles. The molecular formula is C18H18F2N2O2. The van der Waals surface area contributed by atoms with Gasteiger partial charge in [0.2, 0.25) is 5.88 Å². The first-order valence-corrected chi connectivity index (χ1v) is 8.26. The summed E-state index contributed by atoms with van der Waals surface area (Å²) in [7, 11) is 0. The number of aromatic nitrogens is 2. The number of halogens is 2. The molecule has 1 aromatic heterocycles. The predicted octanol–water partition coefficient (Wildman–Crippen LogP) is 4.00. The summed E-state index contributed by atoms with van der Waals surface area (Å²) in [6.45, 7) is 0.965. The topological polar surface area (TPSA) is 44.2 Å². The summed E-state index contributed by atoms with van der Waals surface area (Å²) < 4.78 is 39.2. The van der Waals surface area contributed by atoms with Gasteiger partial charge in [-0.3, -0.25) is 4.98 Å². The Kier molecular flexibility index (Phi) is 4.04. The molecule has 0 spiro atoms. The van der Waals surface area contributed by atoms with E-state index < -0.39 is 11.6 Å². The van der Waals surface area contributed by atoms with Gasteiger partial charge in [-0.05, 0) is 49.7 Å². The molecule has 4 nitrogen and oxygen atoms in total. The van der Waals surface area contributed by atoms with Gasteiger partial charge in [0.25, 0.3) is 0 Å². The first kappa shape index (κ1) is 15.3. The van der Waals surface area contributed by atoms with Crippen molar-refractivity contribution in [2.24, 2.45) is 11.8 Å². The Bertz CT molecular complexity index is 723. The van der Waals surface area contributed by atoms with Gasteiger partial charge < -0.3 is 9.47 Å². The third-order valence-electron chi connectivity index (χ3n) is 4.23. The highest BCUT2D eigenvalue weighted by molar-refractivity contribution is 5.60. The van der Waals surface area contributed by atoms with Gasteiger partial charge in [-0.2, -0.15) is 0 Å². The Labute approximate surface area is 138 Å². The fourth-order valence-electron chi connectivity index (χ4n) is 2.38. The molecule has 2 fully saturated rings. The van der Waals surface area contributed by atoms with Crippen molar-refractivity contribution in [3.05, 3.63) is 36.2 Å². The second-order valence-corrected chi connectivity index (χ2v) is 6.52. The molecule has 126 valence electrons. The van der Waals surface area contributed by atoms with Gasteiger partial charge in [0, 0.05) is 5.56 Å². The molecule has 1 heterocycles. The van der Waals surface area contributed by atoms with Crippen LogP contribution in [0.25, 0.3) is 11.3 Å². The van der Waals surface area contributed by atoms with Crippen LogP contribution in [0.5, 0.6) is 11.6 Å². The Morgan fingerprint density at radius 3 is 2.17 bits per heavy atom. The molecule has 6 heteroatoms. The van der Waals surface area contributed by atoms with E-state index in [0.29, 0.717) is 42.2 Å². The monoisotopic (exact) mass is 332 g/mol. The molecule has 0 atom stereocenters. The smallest absolute Gasteiger partial charge is 0.232 e. The second-order valence-electron chi connectivity index (χ2n) is 6.52. The van der Waals surface area contributed by atoms with Crippen LogP contribution in [0.1, 0.15) is 25.7 Å². The minimum atomic E-state index is -0.725. The van der Waals surface area contributed by atoms with Gasteiger partial charge in [-0.1, -0.05) is 0 Å². The normalized spacial score (nSPS) is 16.9. The van der Waals surface area contributed by atoms with E-state index in [-0.39, 0.29) is 5.75 Å². The van der Waals surface area contributed by atoms with E-state index in [1.54, 1.807) is 0 Å². The van der Waals surface area contributed by atoms with Gasteiger partial charge in [0.05, 0.1) is 31.3 Å². The lowest BCUT2D eigenvalue weighted by Crippen LogP contribution is -2.04. The molecule has 0 saturated heterocycles. The standard InChI is InChI=1S/C18H18F2N2O2/c19-14-5-13(6-15(20)18(14)24-10-12-3-4-12)16-7-21-8-17(22-16)23-9-11-1-2-11/h5-8,11-12H,1-4,9-10H2. The van der Waals surface area contributed by atoms with Crippen LogP contribution in [0.4, 0.5) is 8.78 Å². The molecule has 0 amide bonds. The molecule has 0 N–H and O–H groups in total. The molecule has 4 rings (SSSR count). The minimum Gasteiger partial charge on any atom is -0.487 e. The van der Waals surface area contributed by atoms with Gasteiger partial charge >= 0.3 is 0 Å². The van der Waals surface area contributed by atoms with Crippen LogP contribution in [0.2, 0.25) is 0 Å². The molecule has 0 radical (unpaired) electrons. The third kappa shape index (κ3) is 3.63. The SMILES string of the molecule is Fc1cc(-c2cncc(OCC3CC3)n2)cc(F)c1OCC1CC1. The Balaban J connectivity index is 1.52. The van der Waals surface area contributed by atoms with Crippen molar-refractivity contribution < 1.29 is 18.3 Å². The van der Waals surface area contributed by atoms with E-state index >= 15 is 0 Å². The first-order valence-electron chi connectivity index (χ1n) is 8.26. The zero-order chi connectivity index (χ0) is 16.5. The maximum absolute atomic E-state index is 14.2. The summed E-state index contributed by atoms with van der Waals surface area (Å²) in [5.74, 6) is -0.384. The Morgan fingerprint density at radius 1 is 0.917 bits per heavy atom. The fourth-order valence-corrected chi connectivity index (χ4v) is 2.38. The average Bonchev–Trinajstić information content (AvgIpc) is 3.46. The van der Waals surface area contributed by atoms with Crippen molar-refractivity contribution in [1.82, 2.24) is 9.97 Å². The minimum absolute atomic E-state index is 0.313. The lowest BCUT2D eigenvalue weighted by molar-refractivity contribution is 0.270. The van der Waals surface area contributed by atoms with Gasteiger partial charge in [0.1, 0.15) is 0 Å². The fraction of sp³-hybridized carbons (Fsp3) is 0.444. The average molecular weight is 332 g/mol. The molecule has 0 unspecified atom stereocenters. The number of hydrogen-bond donors (Lipinski definition) is 0. The maximum atomic E-state index is 14.2. The van der Waals surface area contributed by atoms with Crippen LogP contribution >= 0.6 is 0 Å². The first-order chi connectivity index (χ1) is 11.7. The van der Waals surface area contributed by atoms with Crippen LogP contribution in [0.3, 0.4) is 0 Å². The quantitative estimate of drug-likeness (QED) is 0.769. The second kappa shape index (κ2) is 6.34. The summed E-state index contributed by atoms with van der Waals surface area (Å²) in [5.41, 5.74) is 0.683. The van der Waals surface area contributed by atoms with Crippen molar-refractivity contribution in [3.8, 4) is 22.9 Å². The lowest BCUT2D eigenvalue weighted by Gasteiger charge is -2.10. The molecule has 2 aliphatic rings. The summed E-state index contributed by atoms with van der Waals surface area (Å²) in [6.07, 6.45) is 7.43. The van der Waals surface area contributed by atoms with Gasteiger partial charge in [-0.25, -0.2) is 13.8 Å². The number of nitrogens with zero attached hydrogens (tertiary/aromatic N) is 2. The number of rotatable bonds is 7. The van der Waals surface area contributed by atoms with Crippen molar-refractivity contribution >= 4 is 0 Å². The zero-order valence-corrected chi connectivity index (χ0v) is 13.2. The van der Waals surface area contributed by atoms with E-state index in [1.165, 1.54) is 37.4 Å². The predicted molar refractivity (Wildman–Crippen MR) is 83.8 cm³/mol. The van der Waals surface area contributed by atoms with Crippen molar-refractivity contribution in [2.75, 3.05) is 13.2 Å².